The Morgan fingerprint density at radius 2 is 1.53 bits per heavy atom. The fourth-order valence-electron chi connectivity index (χ4n) is 4.48. The van der Waals surface area contributed by atoms with Crippen molar-refractivity contribution in [2.45, 2.75) is 60.3 Å². The molecule has 0 atom stereocenters. The molecule has 5 heteroatoms. The van der Waals surface area contributed by atoms with Gasteiger partial charge >= 0.3 is 0 Å². The van der Waals surface area contributed by atoms with E-state index in [2.05, 4.69) is 57.8 Å². The summed E-state index contributed by atoms with van der Waals surface area (Å²) in [6.45, 7) is 12.6. The number of fused-ring (bicyclic) bond motifs is 1. The molecule has 2 aromatic heterocycles. The summed E-state index contributed by atoms with van der Waals surface area (Å²) >= 11 is 0. The first-order valence-electron chi connectivity index (χ1n) is 11.2. The van der Waals surface area contributed by atoms with E-state index >= 15 is 0 Å². The van der Waals surface area contributed by atoms with Crippen LogP contribution in [0.15, 0.2) is 23.1 Å². The topological polar surface area (TPSA) is 43.1 Å². The lowest BCUT2D eigenvalue weighted by atomic mass is 9.94. The van der Waals surface area contributed by atoms with Crippen LogP contribution in [0.5, 0.6) is 0 Å². The molecule has 0 saturated heterocycles. The zero-order chi connectivity index (χ0) is 22.0. The summed E-state index contributed by atoms with van der Waals surface area (Å²) in [7, 11) is 3.85. The van der Waals surface area contributed by atoms with Crippen molar-refractivity contribution >= 4 is 17.0 Å². The highest BCUT2D eigenvalue weighted by Gasteiger charge is 2.21. The minimum atomic E-state index is 0.0305. The zero-order valence-electron chi connectivity index (χ0n) is 19.7. The summed E-state index contributed by atoms with van der Waals surface area (Å²) in [6, 6.07) is 4.37. The van der Waals surface area contributed by atoms with Gasteiger partial charge in [0, 0.05) is 38.9 Å². The van der Waals surface area contributed by atoms with Gasteiger partial charge in [-0.1, -0.05) is 44.4 Å². The summed E-state index contributed by atoms with van der Waals surface area (Å²) in [4.78, 5) is 20.9. The van der Waals surface area contributed by atoms with Crippen molar-refractivity contribution in [1.82, 2.24) is 14.1 Å². The number of anilines is 1. The minimum Gasteiger partial charge on any atom is -0.342 e. The molecule has 0 aliphatic rings. The van der Waals surface area contributed by atoms with Gasteiger partial charge in [-0.25, -0.2) is 0 Å². The number of unbranched alkanes of at least 4 members (excludes halogenated alkanes) is 2. The number of hydrogen-bond donors (Lipinski definition) is 0. The van der Waals surface area contributed by atoms with Crippen LogP contribution in [-0.4, -0.2) is 27.2 Å². The Morgan fingerprint density at radius 3 is 2.07 bits per heavy atom. The van der Waals surface area contributed by atoms with Gasteiger partial charge in [-0.2, -0.15) is 4.98 Å². The second-order valence-electron chi connectivity index (χ2n) is 8.60. The van der Waals surface area contributed by atoms with Gasteiger partial charge in [0.05, 0.1) is 5.39 Å². The first-order valence-corrected chi connectivity index (χ1v) is 11.2. The maximum atomic E-state index is 13.6. The standard InChI is InChI=1S/C25H36N4O/c1-8-10-12-29(13-11-9-2)25-26-23-22(24(30)28(25)7)20(16-27(23)6)21-18(4)14-17(3)15-19(21)5/h14-16H,8-13H2,1-7H3. The average molecular weight is 409 g/mol. The molecule has 0 fully saturated rings. The molecule has 0 saturated carbocycles. The minimum absolute atomic E-state index is 0.0305. The van der Waals surface area contributed by atoms with E-state index in [1.807, 2.05) is 18.7 Å². The van der Waals surface area contributed by atoms with Crippen molar-refractivity contribution < 1.29 is 0 Å². The van der Waals surface area contributed by atoms with E-state index in [9.17, 15) is 4.79 Å². The Balaban J connectivity index is 2.23. The predicted octanol–water partition coefficient (Wildman–Crippen LogP) is 5.27. The van der Waals surface area contributed by atoms with Gasteiger partial charge in [0.1, 0.15) is 5.65 Å². The number of hydrogen-bond acceptors (Lipinski definition) is 3. The maximum Gasteiger partial charge on any atom is 0.264 e. The lowest BCUT2D eigenvalue weighted by Crippen LogP contribution is -2.33. The van der Waals surface area contributed by atoms with Gasteiger partial charge in [-0.05, 0) is 50.3 Å². The first kappa shape index (κ1) is 22.1. The molecular formula is C25H36N4O. The summed E-state index contributed by atoms with van der Waals surface area (Å²) in [6.07, 6.45) is 6.50. The Morgan fingerprint density at radius 1 is 0.967 bits per heavy atom. The molecule has 5 nitrogen and oxygen atoms in total. The summed E-state index contributed by atoms with van der Waals surface area (Å²) in [5, 5.41) is 0.713. The van der Waals surface area contributed by atoms with Gasteiger partial charge in [0.15, 0.2) is 0 Å². The van der Waals surface area contributed by atoms with Crippen molar-refractivity contribution in [2.24, 2.45) is 14.1 Å². The van der Waals surface area contributed by atoms with Crippen molar-refractivity contribution in [3.05, 3.63) is 45.4 Å². The van der Waals surface area contributed by atoms with Gasteiger partial charge in [0.2, 0.25) is 5.95 Å². The third-order valence-corrected chi connectivity index (χ3v) is 5.97. The van der Waals surface area contributed by atoms with Crippen molar-refractivity contribution in [3.8, 4) is 11.1 Å². The Labute approximate surface area is 180 Å². The lowest BCUT2D eigenvalue weighted by molar-refractivity contribution is 0.642. The second kappa shape index (κ2) is 9.07. The molecule has 30 heavy (non-hydrogen) atoms. The highest BCUT2D eigenvalue weighted by atomic mass is 16.1. The maximum absolute atomic E-state index is 13.6. The van der Waals surface area contributed by atoms with E-state index in [4.69, 9.17) is 4.98 Å². The van der Waals surface area contributed by atoms with Crippen molar-refractivity contribution in [1.29, 1.82) is 0 Å². The largest absolute Gasteiger partial charge is 0.342 e. The molecule has 162 valence electrons. The number of benzene rings is 1. The molecule has 0 N–H and O–H groups in total. The first-order chi connectivity index (χ1) is 14.3. The van der Waals surface area contributed by atoms with E-state index in [0.29, 0.717) is 5.39 Å². The van der Waals surface area contributed by atoms with Crippen molar-refractivity contribution in [3.63, 3.8) is 0 Å². The monoisotopic (exact) mass is 408 g/mol. The van der Waals surface area contributed by atoms with Gasteiger partial charge in [0.25, 0.3) is 5.56 Å². The van der Waals surface area contributed by atoms with Crippen LogP contribution in [0.25, 0.3) is 22.2 Å². The molecule has 0 aliphatic heterocycles. The van der Waals surface area contributed by atoms with Crippen LogP contribution in [0.2, 0.25) is 0 Å². The molecule has 0 radical (unpaired) electrons. The summed E-state index contributed by atoms with van der Waals surface area (Å²) in [5.74, 6) is 0.777. The number of rotatable bonds is 8. The Bertz CT molecular complexity index is 1080. The molecule has 0 unspecified atom stereocenters. The quantitative estimate of drug-likeness (QED) is 0.510. The zero-order valence-corrected chi connectivity index (χ0v) is 19.7. The Hall–Kier alpha value is -2.56. The smallest absolute Gasteiger partial charge is 0.264 e. The fraction of sp³-hybridized carbons (Fsp3) is 0.520. The lowest BCUT2D eigenvalue weighted by Gasteiger charge is -2.25. The molecular weight excluding hydrogens is 372 g/mol. The average Bonchev–Trinajstić information content (AvgIpc) is 3.00. The van der Waals surface area contributed by atoms with Crippen LogP contribution < -0.4 is 10.5 Å². The molecule has 3 aromatic rings. The van der Waals surface area contributed by atoms with E-state index < -0.39 is 0 Å². The van der Waals surface area contributed by atoms with Gasteiger partial charge in [-0.3, -0.25) is 9.36 Å². The predicted molar refractivity (Wildman–Crippen MR) is 128 cm³/mol. The van der Waals surface area contributed by atoms with Crippen LogP contribution >= 0.6 is 0 Å². The van der Waals surface area contributed by atoms with Crippen LogP contribution in [0.3, 0.4) is 0 Å². The molecule has 1 aromatic carbocycles. The number of aromatic nitrogens is 3. The molecule has 0 spiro atoms. The third-order valence-electron chi connectivity index (χ3n) is 5.97. The van der Waals surface area contributed by atoms with Crippen LogP contribution in [0.4, 0.5) is 5.95 Å². The summed E-state index contributed by atoms with van der Waals surface area (Å²) in [5.41, 5.74) is 6.55. The van der Waals surface area contributed by atoms with E-state index in [-0.39, 0.29) is 5.56 Å². The molecule has 0 aliphatic carbocycles. The van der Waals surface area contributed by atoms with Gasteiger partial charge in [-0.15, -0.1) is 0 Å². The Kier molecular flexibility index (Phi) is 6.69. The number of aryl methyl sites for hydroxylation is 4. The molecule has 3 rings (SSSR count). The fourth-order valence-corrected chi connectivity index (χ4v) is 4.48. The molecule has 2 heterocycles. The summed E-state index contributed by atoms with van der Waals surface area (Å²) < 4.78 is 3.75. The van der Waals surface area contributed by atoms with E-state index in [1.54, 1.807) is 4.57 Å². The van der Waals surface area contributed by atoms with E-state index in [0.717, 1.165) is 61.5 Å². The highest BCUT2D eigenvalue weighted by molar-refractivity contribution is 5.95. The van der Waals surface area contributed by atoms with Gasteiger partial charge < -0.3 is 9.47 Å². The number of nitrogens with zero attached hydrogens (tertiary/aromatic N) is 4. The highest BCUT2D eigenvalue weighted by Crippen LogP contribution is 2.33. The SMILES string of the molecule is CCCCN(CCCC)c1nc2c(c(-c3c(C)cc(C)cc3C)cn2C)c(=O)n1C. The van der Waals surface area contributed by atoms with Crippen molar-refractivity contribution in [2.75, 3.05) is 18.0 Å². The third kappa shape index (κ3) is 4.03. The molecule has 0 bridgehead atoms. The van der Waals surface area contributed by atoms with Crippen LogP contribution in [0, 0.1) is 20.8 Å². The normalized spacial score (nSPS) is 11.4. The molecule has 0 amide bonds. The van der Waals surface area contributed by atoms with Crippen LogP contribution in [-0.2, 0) is 14.1 Å². The van der Waals surface area contributed by atoms with E-state index in [1.165, 1.54) is 16.7 Å². The van der Waals surface area contributed by atoms with Crippen LogP contribution in [0.1, 0.15) is 56.2 Å². The second-order valence-corrected chi connectivity index (χ2v) is 8.60.